The molecular formula is C18H33N2O2+. The van der Waals surface area contributed by atoms with E-state index in [9.17, 15) is 4.79 Å². The summed E-state index contributed by atoms with van der Waals surface area (Å²) < 4.78 is 6.99. The Balaban J connectivity index is 1.57. The molecular weight excluding hydrogens is 276 g/mol. The minimum Gasteiger partial charge on any atom is -0.458 e. The molecule has 0 aromatic rings. The van der Waals surface area contributed by atoms with Crippen LogP contribution in [0.15, 0.2) is 0 Å². The highest BCUT2D eigenvalue weighted by molar-refractivity contribution is 5.70. The van der Waals surface area contributed by atoms with Crippen molar-refractivity contribution in [1.29, 1.82) is 0 Å². The van der Waals surface area contributed by atoms with Gasteiger partial charge in [0.1, 0.15) is 6.10 Å². The van der Waals surface area contributed by atoms with Crippen molar-refractivity contribution in [3.05, 3.63) is 0 Å². The van der Waals surface area contributed by atoms with E-state index in [1.165, 1.54) is 12.8 Å². The highest BCUT2D eigenvalue weighted by Gasteiger charge is 2.41. The van der Waals surface area contributed by atoms with Crippen LogP contribution in [-0.2, 0) is 9.53 Å². The average Bonchev–Trinajstić information content (AvgIpc) is 2.48. The van der Waals surface area contributed by atoms with E-state index in [-0.39, 0.29) is 12.1 Å². The molecule has 1 saturated carbocycles. The summed E-state index contributed by atoms with van der Waals surface area (Å²) in [4.78, 5) is 15.1. The summed E-state index contributed by atoms with van der Waals surface area (Å²) in [6.45, 7) is 14.3. The SMILES string of the molecule is CC(C)[C@@H]1CC[C@@H](C)C[C@@H]1OC(=O)C[N+]12CCN(CC1)CC2. The van der Waals surface area contributed by atoms with Gasteiger partial charge < -0.3 is 9.22 Å². The summed E-state index contributed by atoms with van der Waals surface area (Å²) in [6.07, 6.45) is 3.71. The lowest BCUT2D eigenvalue weighted by atomic mass is 9.75. The molecule has 0 amide bonds. The molecule has 1 aliphatic carbocycles. The van der Waals surface area contributed by atoms with Gasteiger partial charge in [-0.1, -0.05) is 27.2 Å². The largest absolute Gasteiger partial charge is 0.458 e. The van der Waals surface area contributed by atoms with Crippen molar-refractivity contribution in [2.45, 2.75) is 46.1 Å². The molecule has 0 spiro atoms. The van der Waals surface area contributed by atoms with Gasteiger partial charge in [0.15, 0.2) is 6.54 Å². The number of hydrogen-bond acceptors (Lipinski definition) is 3. The molecule has 0 unspecified atom stereocenters. The topological polar surface area (TPSA) is 29.5 Å². The fraction of sp³-hybridized carbons (Fsp3) is 0.944. The molecule has 3 atom stereocenters. The van der Waals surface area contributed by atoms with E-state index >= 15 is 0 Å². The first-order chi connectivity index (χ1) is 10.5. The van der Waals surface area contributed by atoms with Crippen LogP contribution in [0.2, 0.25) is 0 Å². The summed E-state index contributed by atoms with van der Waals surface area (Å²) in [5, 5.41) is 0. The fourth-order valence-corrected chi connectivity index (χ4v) is 4.70. The summed E-state index contributed by atoms with van der Waals surface area (Å²) in [5.74, 6) is 1.91. The minimum atomic E-state index is 0.0556. The summed E-state index contributed by atoms with van der Waals surface area (Å²) in [6, 6.07) is 0. The number of carbonyl (C=O) groups is 1. The molecule has 2 bridgehead atoms. The van der Waals surface area contributed by atoms with Crippen LogP contribution in [0.4, 0.5) is 0 Å². The third-order valence-electron chi connectivity index (χ3n) is 6.38. The molecule has 4 fully saturated rings. The molecule has 4 heteroatoms. The molecule has 0 aromatic carbocycles. The first kappa shape index (κ1) is 16.3. The highest BCUT2D eigenvalue weighted by atomic mass is 16.5. The van der Waals surface area contributed by atoms with Crippen molar-refractivity contribution >= 4 is 5.97 Å². The summed E-state index contributed by atoms with van der Waals surface area (Å²) >= 11 is 0. The van der Waals surface area contributed by atoms with Crippen LogP contribution in [0.5, 0.6) is 0 Å². The molecule has 4 rings (SSSR count). The van der Waals surface area contributed by atoms with E-state index in [2.05, 4.69) is 25.7 Å². The zero-order valence-electron chi connectivity index (χ0n) is 14.6. The summed E-state index contributed by atoms with van der Waals surface area (Å²) in [5.41, 5.74) is 0. The number of ether oxygens (including phenoxy) is 1. The van der Waals surface area contributed by atoms with Gasteiger partial charge in [0.2, 0.25) is 0 Å². The van der Waals surface area contributed by atoms with Crippen LogP contribution >= 0.6 is 0 Å². The zero-order valence-corrected chi connectivity index (χ0v) is 14.6. The second kappa shape index (κ2) is 6.48. The number of nitrogens with zero attached hydrogens (tertiary/aromatic N) is 2. The molecule has 3 heterocycles. The van der Waals surface area contributed by atoms with Gasteiger partial charge in [-0.05, 0) is 30.6 Å². The highest BCUT2D eigenvalue weighted by Crippen LogP contribution is 2.35. The van der Waals surface area contributed by atoms with Crippen LogP contribution in [0, 0.1) is 17.8 Å². The van der Waals surface area contributed by atoms with Crippen LogP contribution in [0.25, 0.3) is 0 Å². The van der Waals surface area contributed by atoms with Crippen LogP contribution in [-0.4, -0.2) is 67.3 Å². The van der Waals surface area contributed by atoms with Gasteiger partial charge in [-0.15, -0.1) is 0 Å². The standard InChI is InChI=1S/C18H33N2O2/c1-14(2)16-5-4-15(3)12-17(16)22-18(21)13-20-9-6-19(7-10-20)8-11-20/h14-17H,4-13H2,1-3H3/q+1/t15-,16+,17+/m1/s1. The van der Waals surface area contributed by atoms with Crippen molar-refractivity contribution in [2.24, 2.45) is 17.8 Å². The number of piperazine rings is 3. The third-order valence-corrected chi connectivity index (χ3v) is 6.38. The van der Waals surface area contributed by atoms with E-state index < -0.39 is 0 Å². The first-order valence-corrected chi connectivity index (χ1v) is 9.24. The predicted molar refractivity (Wildman–Crippen MR) is 87.4 cm³/mol. The molecule has 0 aromatic heterocycles. The molecule has 0 N–H and O–H groups in total. The molecule has 4 nitrogen and oxygen atoms in total. The van der Waals surface area contributed by atoms with E-state index in [4.69, 9.17) is 4.74 Å². The number of esters is 1. The molecule has 22 heavy (non-hydrogen) atoms. The van der Waals surface area contributed by atoms with Gasteiger partial charge in [0, 0.05) is 19.6 Å². The van der Waals surface area contributed by atoms with Gasteiger partial charge in [0.25, 0.3) is 0 Å². The smallest absolute Gasteiger partial charge is 0.362 e. The Morgan fingerprint density at radius 3 is 2.41 bits per heavy atom. The minimum absolute atomic E-state index is 0.0556. The van der Waals surface area contributed by atoms with Gasteiger partial charge in [-0.3, -0.25) is 4.90 Å². The van der Waals surface area contributed by atoms with Crippen LogP contribution < -0.4 is 0 Å². The van der Waals surface area contributed by atoms with Crippen LogP contribution in [0.3, 0.4) is 0 Å². The Morgan fingerprint density at radius 2 is 1.82 bits per heavy atom. The molecule has 3 saturated heterocycles. The van der Waals surface area contributed by atoms with Gasteiger partial charge in [-0.25, -0.2) is 4.79 Å². The van der Waals surface area contributed by atoms with Crippen molar-refractivity contribution in [3.63, 3.8) is 0 Å². The predicted octanol–water partition coefficient (Wildman–Crippen LogP) is 2.14. The summed E-state index contributed by atoms with van der Waals surface area (Å²) in [7, 11) is 0. The Bertz CT molecular complexity index is 388. The maximum atomic E-state index is 12.6. The second-order valence-corrected chi connectivity index (χ2v) is 8.37. The van der Waals surface area contributed by atoms with Crippen molar-refractivity contribution < 1.29 is 14.0 Å². The Morgan fingerprint density at radius 1 is 1.18 bits per heavy atom. The van der Waals surface area contributed by atoms with Crippen LogP contribution in [0.1, 0.15) is 40.0 Å². The molecule has 4 aliphatic rings. The lowest BCUT2D eigenvalue weighted by Crippen LogP contribution is -2.68. The molecule has 126 valence electrons. The maximum absolute atomic E-state index is 12.6. The lowest BCUT2D eigenvalue weighted by molar-refractivity contribution is -0.934. The molecule has 3 aliphatic heterocycles. The zero-order chi connectivity index (χ0) is 15.7. The number of hydrogen-bond donors (Lipinski definition) is 0. The van der Waals surface area contributed by atoms with E-state index in [1.54, 1.807) is 0 Å². The molecule has 0 radical (unpaired) electrons. The number of fused-ring (bicyclic) bond motifs is 3. The second-order valence-electron chi connectivity index (χ2n) is 8.37. The number of carbonyl (C=O) groups excluding carboxylic acids is 1. The lowest BCUT2D eigenvalue weighted by Gasteiger charge is -2.50. The van der Waals surface area contributed by atoms with Crippen molar-refractivity contribution in [1.82, 2.24) is 4.90 Å². The maximum Gasteiger partial charge on any atom is 0.362 e. The van der Waals surface area contributed by atoms with Gasteiger partial charge >= 0.3 is 5.97 Å². The van der Waals surface area contributed by atoms with Crippen molar-refractivity contribution in [2.75, 3.05) is 45.8 Å². The monoisotopic (exact) mass is 309 g/mol. The third kappa shape index (κ3) is 3.48. The van der Waals surface area contributed by atoms with E-state index in [1.807, 2.05) is 0 Å². The Labute approximate surface area is 135 Å². The number of rotatable bonds is 4. The fourth-order valence-electron chi connectivity index (χ4n) is 4.70. The Kier molecular flexibility index (Phi) is 4.79. The average molecular weight is 309 g/mol. The van der Waals surface area contributed by atoms with E-state index in [0.717, 1.165) is 50.2 Å². The van der Waals surface area contributed by atoms with Gasteiger partial charge in [0.05, 0.1) is 19.6 Å². The van der Waals surface area contributed by atoms with Gasteiger partial charge in [-0.2, -0.15) is 0 Å². The quantitative estimate of drug-likeness (QED) is 0.588. The number of quaternary nitrogens is 1. The Hall–Kier alpha value is -0.610. The van der Waals surface area contributed by atoms with E-state index in [0.29, 0.717) is 24.3 Å². The normalized spacial score (nSPS) is 41.6. The first-order valence-electron chi connectivity index (χ1n) is 9.24. The van der Waals surface area contributed by atoms with Crippen molar-refractivity contribution in [3.8, 4) is 0 Å².